The van der Waals surface area contributed by atoms with Gasteiger partial charge in [0, 0.05) is 5.57 Å². The highest BCUT2D eigenvalue weighted by atomic mass is 35.5. The monoisotopic (exact) mass is 207 g/mol. The largest absolute Gasteiger partial charge is 0.478 e. The number of carboxylic acids is 1. The van der Waals surface area contributed by atoms with Crippen molar-refractivity contribution in [2.75, 3.05) is 0 Å². The lowest BCUT2D eigenvalue weighted by molar-refractivity contribution is -0.132. The van der Waals surface area contributed by atoms with Crippen molar-refractivity contribution >= 4 is 17.6 Å². The summed E-state index contributed by atoms with van der Waals surface area (Å²) in [5.41, 5.74) is 5.59. The molecular weight excluding hydrogens is 190 g/mol. The van der Waals surface area contributed by atoms with Crippen molar-refractivity contribution in [2.24, 2.45) is 5.73 Å². The van der Waals surface area contributed by atoms with Crippen LogP contribution in [0.25, 0.3) is 0 Å². The van der Waals surface area contributed by atoms with Crippen LogP contribution in [-0.4, -0.2) is 16.1 Å². The molecule has 0 aromatic heterocycles. The molecule has 3 N–H and O–H groups in total. The van der Waals surface area contributed by atoms with Gasteiger partial charge in [-0.2, -0.15) is 0 Å². The molecule has 0 amide bonds. The average Bonchev–Trinajstić information content (AvgIpc) is 1.85. The number of hydrogen-bond acceptors (Lipinski definition) is 2. The first-order valence-corrected chi connectivity index (χ1v) is 4.45. The minimum Gasteiger partial charge on any atom is -0.478 e. The molecule has 1 atom stereocenters. The van der Waals surface area contributed by atoms with Crippen molar-refractivity contribution in [2.45, 2.75) is 38.6 Å². The van der Waals surface area contributed by atoms with Crippen molar-refractivity contribution in [3.63, 3.8) is 0 Å². The van der Waals surface area contributed by atoms with Crippen LogP contribution in [0, 0.1) is 0 Å². The zero-order chi connectivity index (χ0) is 11.1. The highest BCUT2D eigenvalue weighted by Gasteiger charge is 2.09. The second kappa shape index (κ2) is 6.92. The Morgan fingerprint density at radius 2 is 2.00 bits per heavy atom. The maximum Gasteiger partial charge on any atom is 0.330 e. The van der Waals surface area contributed by atoms with Crippen molar-refractivity contribution in [3.05, 3.63) is 12.2 Å². The van der Waals surface area contributed by atoms with E-state index in [1.54, 1.807) is 0 Å². The number of carbonyl (C=O) groups is 1. The molecule has 1 unspecified atom stereocenters. The van der Waals surface area contributed by atoms with Crippen LogP contribution < -0.4 is 5.73 Å². The molecule has 0 saturated carbocycles. The molecule has 78 valence electrons. The summed E-state index contributed by atoms with van der Waals surface area (Å²) in [6.07, 6.45) is 1.94. The number of rotatable bonds is 3. The highest BCUT2D eigenvalue weighted by Crippen LogP contribution is 2.11. The van der Waals surface area contributed by atoms with E-state index in [1.807, 2.05) is 6.92 Å². The van der Waals surface area contributed by atoms with E-state index in [9.17, 15) is 4.79 Å². The number of halogens is 1. The number of alkyl halides is 1. The van der Waals surface area contributed by atoms with E-state index >= 15 is 0 Å². The smallest absolute Gasteiger partial charge is 0.330 e. The van der Waals surface area contributed by atoms with E-state index in [0.717, 1.165) is 12.8 Å². The molecule has 0 aliphatic rings. The Bertz CT molecular complexity index is 161. The minimum atomic E-state index is -0.935. The van der Waals surface area contributed by atoms with E-state index in [0.29, 0.717) is 0 Å². The second-order valence-corrected chi connectivity index (χ2v) is 3.98. The van der Waals surface area contributed by atoms with Gasteiger partial charge in [-0.05, 0) is 20.3 Å². The lowest BCUT2D eigenvalue weighted by Crippen LogP contribution is -2.27. The lowest BCUT2D eigenvalue weighted by Gasteiger charge is -2.12. The predicted octanol–water partition coefficient (Wildman–Crippen LogP) is 2.35. The maximum absolute atomic E-state index is 9.60. The van der Waals surface area contributed by atoms with Crippen LogP contribution in [0.1, 0.15) is 33.6 Å². The predicted molar refractivity (Wildman–Crippen MR) is 55.8 cm³/mol. The molecular formula is C9H18ClNO2. The Kier molecular flexibility index (Phi) is 7.96. The third-order valence-corrected chi connectivity index (χ3v) is 1.29. The zero-order valence-corrected chi connectivity index (χ0v) is 9.19. The van der Waals surface area contributed by atoms with E-state index in [1.165, 1.54) is 6.92 Å². The maximum atomic E-state index is 9.60. The molecule has 4 heteroatoms. The van der Waals surface area contributed by atoms with Gasteiger partial charge in [0.25, 0.3) is 0 Å². The fraction of sp³-hybridized carbons (Fsp3) is 0.667. The summed E-state index contributed by atoms with van der Waals surface area (Å²) in [7, 11) is 0. The Balaban J connectivity index is 0. The van der Waals surface area contributed by atoms with Gasteiger partial charge in [-0.3, -0.25) is 0 Å². The first kappa shape index (κ1) is 15.0. The molecule has 13 heavy (non-hydrogen) atoms. The lowest BCUT2D eigenvalue weighted by atomic mass is 10.2. The van der Waals surface area contributed by atoms with Crippen LogP contribution in [0.3, 0.4) is 0 Å². The molecule has 0 rings (SSSR count). The Hall–Kier alpha value is -0.540. The normalized spacial score (nSPS) is 13.6. The second-order valence-electron chi connectivity index (χ2n) is 3.11. The summed E-state index contributed by atoms with van der Waals surface area (Å²) in [5.74, 6) is -0.935. The van der Waals surface area contributed by atoms with E-state index < -0.39 is 11.0 Å². The summed E-state index contributed by atoms with van der Waals surface area (Å²) >= 11 is 5.61. The fourth-order valence-electron chi connectivity index (χ4n) is 0.489. The van der Waals surface area contributed by atoms with Gasteiger partial charge < -0.3 is 10.8 Å². The summed E-state index contributed by atoms with van der Waals surface area (Å²) in [4.78, 5) is 9.12. The molecule has 0 aromatic rings. The summed E-state index contributed by atoms with van der Waals surface area (Å²) in [6, 6.07) is 0. The van der Waals surface area contributed by atoms with Gasteiger partial charge >= 0.3 is 5.97 Å². The summed E-state index contributed by atoms with van der Waals surface area (Å²) < 4.78 is 0. The van der Waals surface area contributed by atoms with Gasteiger partial charge in [0.1, 0.15) is 0 Å². The molecule has 0 saturated heterocycles. The van der Waals surface area contributed by atoms with Crippen molar-refractivity contribution < 1.29 is 9.90 Å². The minimum absolute atomic E-state index is 0.176. The average molecular weight is 208 g/mol. The Morgan fingerprint density at radius 3 is 2.00 bits per heavy atom. The Labute approximate surface area is 84.6 Å². The summed E-state index contributed by atoms with van der Waals surface area (Å²) in [5, 5.41) is 7.89. The molecule has 0 aliphatic carbocycles. The molecule has 0 aromatic carbocycles. The van der Waals surface area contributed by atoms with Crippen LogP contribution >= 0.6 is 11.6 Å². The molecule has 3 nitrogen and oxygen atoms in total. The first-order chi connectivity index (χ1) is 5.70. The van der Waals surface area contributed by atoms with E-state index in [-0.39, 0.29) is 5.57 Å². The fourth-order valence-corrected chi connectivity index (χ4v) is 0.678. The molecule has 0 aliphatic heterocycles. The van der Waals surface area contributed by atoms with Gasteiger partial charge in [-0.1, -0.05) is 19.9 Å². The molecule has 0 heterocycles. The molecule has 0 bridgehead atoms. The standard InChI is InChI=1S/C5H12ClN.C4H6O2/c1-3-4-5(2,6)7;1-3(2)4(5)6/h3-4,7H2,1-2H3;1H2,2H3,(H,5,6). The highest BCUT2D eigenvalue weighted by molar-refractivity contribution is 6.23. The third-order valence-electron chi connectivity index (χ3n) is 1.10. The third kappa shape index (κ3) is 18.4. The SMILES string of the molecule is C=C(C)C(=O)O.CCCC(C)(N)Cl. The van der Waals surface area contributed by atoms with Gasteiger partial charge in [0.05, 0.1) is 5.00 Å². The van der Waals surface area contributed by atoms with Gasteiger partial charge in [0.2, 0.25) is 0 Å². The zero-order valence-electron chi connectivity index (χ0n) is 8.43. The van der Waals surface area contributed by atoms with Gasteiger partial charge in [-0.25, -0.2) is 4.79 Å². The van der Waals surface area contributed by atoms with Crippen LogP contribution in [0.2, 0.25) is 0 Å². The van der Waals surface area contributed by atoms with Crippen LogP contribution in [0.5, 0.6) is 0 Å². The van der Waals surface area contributed by atoms with Crippen LogP contribution in [0.4, 0.5) is 0 Å². The van der Waals surface area contributed by atoms with E-state index in [4.69, 9.17) is 22.4 Å². The molecule has 0 spiro atoms. The van der Waals surface area contributed by atoms with Gasteiger partial charge in [-0.15, -0.1) is 11.6 Å². The van der Waals surface area contributed by atoms with Crippen LogP contribution in [-0.2, 0) is 4.79 Å². The number of nitrogens with two attached hydrogens (primary N) is 1. The summed E-state index contributed by atoms with van der Waals surface area (Å²) in [6.45, 7) is 8.48. The molecule has 0 fully saturated rings. The number of aliphatic carboxylic acids is 1. The van der Waals surface area contributed by atoms with Crippen LogP contribution in [0.15, 0.2) is 12.2 Å². The molecule has 0 radical (unpaired) electrons. The Morgan fingerprint density at radius 1 is 1.69 bits per heavy atom. The van der Waals surface area contributed by atoms with Crippen molar-refractivity contribution in [3.8, 4) is 0 Å². The quantitative estimate of drug-likeness (QED) is 0.424. The van der Waals surface area contributed by atoms with E-state index in [2.05, 4.69) is 13.5 Å². The topological polar surface area (TPSA) is 63.3 Å². The van der Waals surface area contributed by atoms with Gasteiger partial charge in [0.15, 0.2) is 0 Å². The van der Waals surface area contributed by atoms with Crippen molar-refractivity contribution in [1.29, 1.82) is 0 Å². The first-order valence-electron chi connectivity index (χ1n) is 4.07. The van der Waals surface area contributed by atoms with Crippen molar-refractivity contribution in [1.82, 2.24) is 0 Å². The number of carboxylic acid groups (broad SMARTS) is 1. The number of hydrogen-bond donors (Lipinski definition) is 2.